The molecule has 2 aromatic carbocycles. The van der Waals surface area contributed by atoms with Gasteiger partial charge in [-0.2, -0.15) is 0 Å². The van der Waals surface area contributed by atoms with E-state index in [1.165, 1.54) is 17.0 Å². The van der Waals surface area contributed by atoms with Gasteiger partial charge in [-0.1, -0.05) is 30.3 Å². The van der Waals surface area contributed by atoms with E-state index in [-0.39, 0.29) is 17.6 Å². The molecule has 1 fully saturated rings. The number of aromatic nitrogens is 1. The number of aryl methyl sites for hydroxylation is 1. The molecule has 3 aromatic rings. The van der Waals surface area contributed by atoms with Crippen LogP contribution in [0.15, 0.2) is 48.5 Å². The number of fused-ring (bicyclic) bond motifs is 3. The normalized spacial score (nSPS) is 19.7. The van der Waals surface area contributed by atoms with E-state index >= 15 is 0 Å². The Morgan fingerprint density at radius 2 is 1.75 bits per heavy atom. The first-order valence-corrected chi connectivity index (χ1v) is 10.1. The maximum atomic E-state index is 14.1. The number of hydrogen-bond acceptors (Lipinski definition) is 2. The topological polar surface area (TPSA) is 39.3 Å². The van der Waals surface area contributed by atoms with Gasteiger partial charge in [-0.15, -0.1) is 0 Å². The highest BCUT2D eigenvalue weighted by Crippen LogP contribution is 2.37. The van der Waals surface area contributed by atoms with E-state index in [1.807, 2.05) is 28.0 Å². The van der Waals surface area contributed by atoms with E-state index in [0.29, 0.717) is 31.9 Å². The molecule has 0 bridgehead atoms. The molecule has 0 radical (unpaired) electrons. The lowest BCUT2D eigenvalue weighted by Crippen LogP contribution is -2.50. The second-order valence-electron chi connectivity index (χ2n) is 7.77. The third kappa shape index (κ3) is 2.86. The first-order chi connectivity index (χ1) is 13.7. The van der Waals surface area contributed by atoms with Gasteiger partial charge in [0.2, 0.25) is 5.91 Å². The number of carbonyl (C=O) groups excluding carboxylic acids is 1. The first kappa shape index (κ1) is 17.3. The van der Waals surface area contributed by atoms with Crippen molar-refractivity contribution >= 4 is 22.5 Å². The van der Waals surface area contributed by atoms with Crippen LogP contribution < -0.4 is 4.90 Å². The van der Waals surface area contributed by atoms with Crippen LogP contribution in [0, 0.1) is 5.82 Å². The lowest BCUT2D eigenvalue weighted by Gasteiger charge is -2.38. The average molecular weight is 377 g/mol. The number of H-pyrrole nitrogens is 1. The van der Waals surface area contributed by atoms with Crippen LogP contribution in [0.5, 0.6) is 0 Å². The Kier molecular flexibility index (Phi) is 4.30. The quantitative estimate of drug-likeness (QED) is 0.731. The Hall–Kier alpha value is -2.82. The van der Waals surface area contributed by atoms with Crippen molar-refractivity contribution in [3.8, 4) is 0 Å². The molecule has 1 saturated heterocycles. The van der Waals surface area contributed by atoms with E-state index in [2.05, 4.69) is 23.2 Å². The van der Waals surface area contributed by atoms with Crippen molar-refractivity contribution in [2.24, 2.45) is 0 Å². The zero-order valence-electron chi connectivity index (χ0n) is 15.8. The average Bonchev–Trinajstić information content (AvgIpc) is 3.13. The van der Waals surface area contributed by atoms with Crippen LogP contribution in [0.4, 0.5) is 10.1 Å². The highest BCUT2D eigenvalue weighted by atomic mass is 19.1. The van der Waals surface area contributed by atoms with E-state index in [9.17, 15) is 9.18 Å². The molecule has 1 aliphatic heterocycles. The molecule has 1 aromatic heterocycles. The van der Waals surface area contributed by atoms with Gasteiger partial charge in [0.1, 0.15) is 5.82 Å². The van der Waals surface area contributed by atoms with Crippen molar-refractivity contribution < 1.29 is 9.18 Å². The number of anilines is 1. The Bertz CT molecular complexity index is 1020. The predicted molar refractivity (Wildman–Crippen MR) is 109 cm³/mol. The first-order valence-electron chi connectivity index (χ1n) is 10.1. The van der Waals surface area contributed by atoms with Gasteiger partial charge in [0.15, 0.2) is 0 Å². The number of amides is 1. The highest BCUT2D eigenvalue weighted by Gasteiger charge is 2.33. The number of halogens is 1. The van der Waals surface area contributed by atoms with Gasteiger partial charge in [0.05, 0.1) is 11.6 Å². The monoisotopic (exact) mass is 377 g/mol. The lowest BCUT2D eigenvalue weighted by atomic mass is 9.85. The van der Waals surface area contributed by atoms with Crippen LogP contribution in [0.2, 0.25) is 0 Å². The van der Waals surface area contributed by atoms with Crippen LogP contribution in [-0.4, -0.2) is 42.0 Å². The van der Waals surface area contributed by atoms with Crippen molar-refractivity contribution in [1.29, 1.82) is 0 Å². The van der Waals surface area contributed by atoms with Gasteiger partial charge in [0, 0.05) is 42.8 Å². The number of piperazine rings is 1. The van der Waals surface area contributed by atoms with E-state index < -0.39 is 0 Å². The summed E-state index contributed by atoms with van der Waals surface area (Å²) in [5.74, 6) is -0.0749. The Morgan fingerprint density at radius 3 is 2.57 bits per heavy atom. The molecular formula is C23H24FN3O. The summed E-state index contributed by atoms with van der Waals surface area (Å²) in [4.78, 5) is 20.8. The fourth-order valence-corrected chi connectivity index (χ4v) is 4.76. The summed E-state index contributed by atoms with van der Waals surface area (Å²) in [6, 6.07) is 15.2. The maximum Gasteiger partial charge on any atom is 0.231 e. The molecule has 0 spiro atoms. The molecule has 1 aliphatic carbocycles. The number of hydrogen-bond donors (Lipinski definition) is 1. The lowest BCUT2D eigenvalue weighted by molar-refractivity contribution is -0.133. The van der Waals surface area contributed by atoms with Crippen LogP contribution in [0.1, 0.15) is 30.0 Å². The van der Waals surface area contributed by atoms with Crippen LogP contribution in [0.25, 0.3) is 10.9 Å². The van der Waals surface area contributed by atoms with Crippen LogP contribution in [0.3, 0.4) is 0 Å². The van der Waals surface area contributed by atoms with Gasteiger partial charge >= 0.3 is 0 Å². The molecule has 4 nitrogen and oxygen atoms in total. The molecule has 5 heteroatoms. The number of nitrogens with zero attached hydrogens (tertiary/aromatic N) is 2. The molecule has 1 atom stereocenters. The zero-order chi connectivity index (χ0) is 19.1. The third-order valence-electron chi connectivity index (χ3n) is 6.20. The van der Waals surface area contributed by atoms with Gasteiger partial charge in [-0.3, -0.25) is 4.79 Å². The fraction of sp³-hybridized carbons (Fsp3) is 0.348. The Morgan fingerprint density at radius 1 is 1.00 bits per heavy atom. The standard InChI is InChI=1S/C23H24FN3O/c24-19-9-2-4-11-21(19)26-12-14-27(15-13-26)23(28)18-8-5-7-17-16-6-1-3-10-20(16)25-22(17)18/h1-4,6,9-11,18,25H,5,7-8,12-15H2. The summed E-state index contributed by atoms with van der Waals surface area (Å²) in [7, 11) is 0. The van der Waals surface area contributed by atoms with Gasteiger partial charge in [0.25, 0.3) is 0 Å². The van der Waals surface area contributed by atoms with Crippen molar-refractivity contribution in [3.63, 3.8) is 0 Å². The van der Waals surface area contributed by atoms with Crippen molar-refractivity contribution in [2.75, 3.05) is 31.1 Å². The number of aromatic amines is 1. The number of para-hydroxylation sites is 2. The van der Waals surface area contributed by atoms with Gasteiger partial charge < -0.3 is 14.8 Å². The number of rotatable bonds is 2. The molecule has 1 unspecified atom stereocenters. The predicted octanol–water partition coefficient (Wildman–Crippen LogP) is 4.08. The van der Waals surface area contributed by atoms with Crippen molar-refractivity contribution in [1.82, 2.24) is 9.88 Å². The summed E-state index contributed by atoms with van der Waals surface area (Å²) in [5.41, 5.74) is 4.17. The van der Waals surface area contributed by atoms with E-state index in [4.69, 9.17) is 0 Å². The van der Waals surface area contributed by atoms with Gasteiger partial charge in [-0.05, 0) is 43.0 Å². The SMILES string of the molecule is O=C(C1CCCc2c1[nH]c1ccccc21)N1CCN(c2ccccc2F)CC1. The molecule has 2 heterocycles. The van der Waals surface area contributed by atoms with Crippen LogP contribution in [-0.2, 0) is 11.2 Å². The Balaban J connectivity index is 1.34. The molecular weight excluding hydrogens is 353 g/mol. The number of nitrogens with one attached hydrogen (secondary N) is 1. The van der Waals surface area contributed by atoms with Gasteiger partial charge in [-0.25, -0.2) is 4.39 Å². The minimum absolute atomic E-state index is 0.0869. The summed E-state index contributed by atoms with van der Waals surface area (Å²) < 4.78 is 14.1. The molecule has 5 rings (SSSR count). The minimum atomic E-state index is -0.197. The Labute approximate surface area is 163 Å². The fourth-order valence-electron chi connectivity index (χ4n) is 4.76. The summed E-state index contributed by atoms with van der Waals surface area (Å²) in [6.07, 6.45) is 2.97. The van der Waals surface area contributed by atoms with Crippen molar-refractivity contribution in [2.45, 2.75) is 25.2 Å². The molecule has 0 saturated carbocycles. The minimum Gasteiger partial charge on any atom is -0.366 e. The second kappa shape index (κ2) is 6.97. The molecule has 144 valence electrons. The van der Waals surface area contributed by atoms with E-state index in [0.717, 1.165) is 30.5 Å². The number of carbonyl (C=O) groups is 1. The zero-order valence-corrected chi connectivity index (χ0v) is 15.8. The summed E-state index contributed by atoms with van der Waals surface area (Å²) in [5, 5.41) is 1.25. The number of benzene rings is 2. The van der Waals surface area contributed by atoms with Crippen LogP contribution >= 0.6 is 0 Å². The largest absolute Gasteiger partial charge is 0.366 e. The van der Waals surface area contributed by atoms with Crippen molar-refractivity contribution in [3.05, 3.63) is 65.6 Å². The van der Waals surface area contributed by atoms with E-state index in [1.54, 1.807) is 6.07 Å². The third-order valence-corrected chi connectivity index (χ3v) is 6.20. The molecule has 1 N–H and O–H groups in total. The highest BCUT2D eigenvalue weighted by molar-refractivity contribution is 5.90. The second-order valence-corrected chi connectivity index (χ2v) is 7.77. The smallest absolute Gasteiger partial charge is 0.231 e. The molecule has 2 aliphatic rings. The summed E-state index contributed by atoms with van der Waals surface area (Å²) >= 11 is 0. The molecule has 1 amide bonds. The summed E-state index contributed by atoms with van der Waals surface area (Å²) in [6.45, 7) is 2.61. The maximum absolute atomic E-state index is 14.1. The molecule has 28 heavy (non-hydrogen) atoms.